The predicted molar refractivity (Wildman–Crippen MR) is 115 cm³/mol. The third-order valence-electron chi connectivity index (χ3n) is 5.66. The molecule has 0 spiro atoms. The summed E-state index contributed by atoms with van der Waals surface area (Å²) >= 11 is 0. The molecule has 4 rings (SSSR count). The van der Waals surface area contributed by atoms with Crippen molar-refractivity contribution in [1.82, 2.24) is 0 Å². The standard InChI is InChI=1S/C26H26O4/c1-3-25(17-29-18-25)15-27-13-21-5-9-23(10-6-21)24-11-7-22(8-12-24)14-28-16-26(4-2)19-30-20-26/h1-2,5-12H,13-20H2. The fourth-order valence-electron chi connectivity index (χ4n) is 3.43. The molecule has 2 aromatic carbocycles. The molecular weight excluding hydrogens is 376 g/mol. The molecule has 2 heterocycles. The van der Waals surface area contributed by atoms with Gasteiger partial charge in [-0.15, -0.1) is 12.8 Å². The number of terminal acetylenes is 2. The van der Waals surface area contributed by atoms with Gasteiger partial charge in [0.2, 0.25) is 0 Å². The first-order chi connectivity index (χ1) is 14.7. The van der Waals surface area contributed by atoms with E-state index in [1.165, 1.54) is 0 Å². The van der Waals surface area contributed by atoms with E-state index in [1.807, 2.05) is 0 Å². The fourth-order valence-corrected chi connectivity index (χ4v) is 3.43. The number of hydrogen-bond donors (Lipinski definition) is 0. The third-order valence-corrected chi connectivity index (χ3v) is 5.66. The van der Waals surface area contributed by atoms with Crippen molar-refractivity contribution in [2.75, 3.05) is 39.6 Å². The molecule has 2 saturated heterocycles. The lowest BCUT2D eigenvalue weighted by Gasteiger charge is -2.36. The molecule has 0 bridgehead atoms. The quantitative estimate of drug-likeness (QED) is 0.600. The topological polar surface area (TPSA) is 36.9 Å². The Morgan fingerprint density at radius 2 is 1.03 bits per heavy atom. The maximum absolute atomic E-state index is 5.80. The van der Waals surface area contributed by atoms with Crippen LogP contribution in [0.15, 0.2) is 48.5 Å². The fraction of sp³-hybridized carbons (Fsp3) is 0.385. The Labute approximate surface area is 178 Å². The zero-order valence-corrected chi connectivity index (χ0v) is 17.1. The predicted octanol–water partition coefficient (Wildman–Crippen LogP) is 3.69. The minimum absolute atomic E-state index is 0.238. The molecule has 0 unspecified atom stereocenters. The van der Waals surface area contributed by atoms with Crippen LogP contribution in [0.2, 0.25) is 0 Å². The zero-order valence-electron chi connectivity index (χ0n) is 17.1. The molecule has 0 amide bonds. The van der Waals surface area contributed by atoms with E-state index < -0.39 is 0 Å². The van der Waals surface area contributed by atoms with Gasteiger partial charge >= 0.3 is 0 Å². The van der Waals surface area contributed by atoms with E-state index in [2.05, 4.69) is 60.4 Å². The molecule has 30 heavy (non-hydrogen) atoms. The lowest BCUT2D eigenvalue weighted by molar-refractivity contribution is -0.116. The molecule has 0 aromatic heterocycles. The van der Waals surface area contributed by atoms with E-state index in [9.17, 15) is 0 Å². The second-order valence-electron chi connectivity index (χ2n) is 8.21. The Morgan fingerprint density at radius 1 is 0.667 bits per heavy atom. The smallest absolute Gasteiger partial charge is 0.101 e. The van der Waals surface area contributed by atoms with E-state index in [4.69, 9.17) is 31.8 Å². The van der Waals surface area contributed by atoms with Crippen LogP contribution < -0.4 is 0 Å². The molecule has 0 saturated carbocycles. The lowest BCUT2D eigenvalue weighted by Crippen LogP contribution is -2.45. The first-order valence-corrected chi connectivity index (χ1v) is 10.1. The maximum Gasteiger partial charge on any atom is 0.101 e. The maximum atomic E-state index is 5.80. The molecule has 0 N–H and O–H groups in total. The minimum atomic E-state index is -0.238. The summed E-state index contributed by atoms with van der Waals surface area (Å²) in [6.07, 6.45) is 11.1. The summed E-state index contributed by atoms with van der Waals surface area (Å²) in [7, 11) is 0. The largest absolute Gasteiger partial charge is 0.378 e. The van der Waals surface area contributed by atoms with Gasteiger partial charge in [0.05, 0.1) is 52.9 Å². The van der Waals surface area contributed by atoms with Crippen LogP contribution >= 0.6 is 0 Å². The van der Waals surface area contributed by atoms with Gasteiger partial charge in [0.1, 0.15) is 10.8 Å². The Hall–Kier alpha value is -2.60. The van der Waals surface area contributed by atoms with Crippen LogP contribution in [0.3, 0.4) is 0 Å². The Balaban J connectivity index is 1.25. The third kappa shape index (κ3) is 4.59. The van der Waals surface area contributed by atoms with E-state index in [-0.39, 0.29) is 10.8 Å². The van der Waals surface area contributed by atoms with E-state index in [1.54, 1.807) is 0 Å². The van der Waals surface area contributed by atoms with Crippen molar-refractivity contribution in [3.63, 3.8) is 0 Å². The molecule has 2 aromatic rings. The highest BCUT2D eigenvalue weighted by atomic mass is 16.5. The molecule has 2 aliphatic heterocycles. The molecule has 154 valence electrons. The molecule has 4 nitrogen and oxygen atoms in total. The summed E-state index contributed by atoms with van der Waals surface area (Å²) in [5.41, 5.74) is 4.10. The molecule has 0 aliphatic carbocycles. The normalized spacial score (nSPS) is 18.5. The van der Waals surface area contributed by atoms with Crippen LogP contribution in [0.1, 0.15) is 11.1 Å². The monoisotopic (exact) mass is 402 g/mol. The first kappa shape index (κ1) is 20.7. The van der Waals surface area contributed by atoms with Crippen LogP contribution in [0, 0.1) is 35.5 Å². The molecular formula is C26H26O4. The van der Waals surface area contributed by atoms with E-state index in [0.29, 0.717) is 52.9 Å². The highest BCUT2D eigenvalue weighted by molar-refractivity contribution is 5.63. The first-order valence-electron chi connectivity index (χ1n) is 10.1. The van der Waals surface area contributed by atoms with Gasteiger partial charge in [0.25, 0.3) is 0 Å². The molecule has 2 fully saturated rings. The number of ether oxygens (including phenoxy) is 4. The minimum Gasteiger partial charge on any atom is -0.378 e. The van der Waals surface area contributed by atoms with Crippen LogP contribution in [0.4, 0.5) is 0 Å². The summed E-state index contributed by atoms with van der Waals surface area (Å²) < 4.78 is 22.0. The van der Waals surface area contributed by atoms with Gasteiger partial charge in [0, 0.05) is 0 Å². The molecule has 4 heteroatoms. The van der Waals surface area contributed by atoms with E-state index >= 15 is 0 Å². The van der Waals surface area contributed by atoms with Gasteiger partial charge in [-0.1, -0.05) is 60.4 Å². The van der Waals surface area contributed by atoms with Crippen molar-refractivity contribution < 1.29 is 18.9 Å². The summed E-state index contributed by atoms with van der Waals surface area (Å²) in [5, 5.41) is 0. The lowest BCUT2D eigenvalue weighted by atomic mass is 9.88. The van der Waals surface area contributed by atoms with Crippen LogP contribution in [-0.4, -0.2) is 39.6 Å². The molecule has 0 radical (unpaired) electrons. The van der Waals surface area contributed by atoms with Gasteiger partial charge in [-0.05, 0) is 22.3 Å². The van der Waals surface area contributed by atoms with Crippen LogP contribution in [0.25, 0.3) is 11.1 Å². The average Bonchev–Trinajstić information content (AvgIpc) is 2.73. The summed E-state index contributed by atoms with van der Waals surface area (Å²) in [6.45, 7) is 4.50. The second-order valence-corrected chi connectivity index (χ2v) is 8.21. The van der Waals surface area contributed by atoms with Crippen molar-refractivity contribution >= 4 is 0 Å². The highest BCUT2D eigenvalue weighted by Crippen LogP contribution is 2.28. The Bertz CT molecular complexity index is 843. The Morgan fingerprint density at radius 3 is 1.30 bits per heavy atom. The van der Waals surface area contributed by atoms with Gasteiger partial charge in [-0.3, -0.25) is 0 Å². The van der Waals surface area contributed by atoms with Crippen molar-refractivity contribution in [1.29, 1.82) is 0 Å². The summed E-state index contributed by atoms with van der Waals surface area (Å²) in [6, 6.07) is 16.8. The number of benzene rings is 2. The number of hydrogen-bond acceptors (Lipinski definition) is 4. The van der Waals surface area contributed by atoms with Crippen LogP contribution in [-0.2, 0) is 32.2 Å². The SMILES string of the molecule is C#CC1(COCc2ccc(-c3ccc(COCC4(C#C)COC4)cc3)cc2)COC1. The Kier molecular flexibility index (Phi) is 6.23. The number of rotatable bonds is 9. The van der Waals surface area contributed by atoms with Crippen molar-refractivity contribution in [3.05, 3.63) is 59.7 Å². The van der Waals surface area contributed by atoms with Crippen LogP contribution in [0.5, 0.6) is 0 Å². The summed E-state index contributed by atoms with van der Waals surface area (Å²) in [5.74, 6) is 5.58. The summed E-state index contributed by atoms with van der Waals surface area (Å²) in [4.78, 5) is 0. The van der Waals surface area contributed by atoms with Gasteiger partial charge in [-0.2, -0.15) is 0 Å². The van der Waals surface area contributed by atoms with Gasteiger partial charge < -0.3 is 18.9 Å². The zero-order chi connectivity index (χ0) is 20.9. The van der Waals surface area contributed by atoms with E-state index in [0.717, 1.165) is 22.3 Å². The highest BCUT2D eigenvalue weighted by Gasteiger charge is 2.37. The average molecular weight is 402 g/mol. The molecule has 0 atom stereocenters. The van der Waals surface area contributed by atoms with Crippen molar-refractivity contribution in [2.24, 2.45) is 10.8 Å². The van der Waals surface area contributed by atoms with Gasteiger partial charge in [0.15, 0.2) is 0 Å². The second kappa shape index (κ2) is 9.04. The van der Waals surface area contributed by atoms with Crippen molar-refractivity contribution in [3.8, 4) is 35.8 Å². The molecule has 2 aliphatic rings. The van der Waals surface area contributed by atoms with Crippen molar-refractivity contribution in [2.45, 2.75) is 13.2 Å². The van der Waals surface area contributed by atoms with Gasteiger partial charge in [-0.25, -0.2) is 0 Å².